The van der Waals surface area contributed by atoms with Gasteiger partial charge in [0.25, 0.3) is 5.56 Å². The van der Waals surface area contributed by atoms with Crippen LogP contribution in [0.25, 0.3) is 11.0 Å². The summed E-state index contributed by atoms with van der Waals surface area (Å²) in [6, 6.07) is 6.47. The van der Waals surface area contributed by atoms with Gasteiger partial charge in [0.1, 0.15) is 11.1 Å². The molecule has 0 saturated carbocycles. The molecule has 0 aliphatic heterocycles. The minimum atomic E-state index is -4.53. The van der Waals surface area contributed by atoms with Crippen molar-refractivity contribution in [3.8, 4) is 0 Å². The van der Waals surface area contributed by atoms with E-state index in [4.69, 9.17) is 0 Å². The third kappa shape index (κ3) is 1.87. The van der Waals surface area contributed by atoms with Crippen LogP contribution in [0, 0.1) is 0 Å². The number of fused-ring (bicyclic) bond motifs is 1. The van der Waals surface area contributed by atoms with Gasteiger partial charge in [0.15, 0.2) is 0 Å². The van der Waals surface area contributed by atoms with Crippen LogP contribution >= 0.6 is 0 Å². The third-order valence-corrected chi connectivity index (χ3v) is 2.90. The van der Waals surface area contributed by atoms with E-state index in [2.05, 4.69) is 9.97 Å². The number of alkyl halides is 3. The van der Waals surface area contributed by atoms with Gasteiger partial charge in [-0.1, -0.05) is 12.1 Å². The van der Waals surface area contributed by atoms with Crippen molar-refractivity contribution < 1.29 is 13.2 Å². The number of halogens is 3. The molecule has 0 fully saturated rings. The molecule has 1 N–H and O–H groups in total. The number of aromatic amines is 1. The van der Waals surface area contributed by atoms with Gasteiger partial charge in [-0.25, -0.2) is 4.98 Å². The lowest BCUT2D eigenvalue weighted by Crippen LogP contribution is -2.41. The first-order valence-electron chi connectivity index (χ1n) is 5.30. The van der Waals surface area contributed by atoms with E-state index in [1.807, 2.05) is 0 Å². The molecule has 6 heteroatoms. The Hall–Kier alpha value is -1.85. The van der Waals surface area contributed by atoms with Gasteiger partial charge in [0.2, 0.25) is 0 Å². The highest BCUT2D eigenvalue weighted by atomic mass is 19.4. The van der Waals surface area contributed by atoms with E-state index in [0.29, 0.717) is 11.0 Å². The molecule has 0 unspecified atom stereocenters. The summed E-state index contributed by atoms with van der Waals surface area (Å²) in [5.41, 5.74) is -2.86. The second kappa shape index (κ2) is 3.83. The van der Waals surface area contributed by atoms with E-state index in [1.165, 1.54) is 0 Å². The first-order chi connectivity index (χ1) is 8.23. The molecule has 2 aromatic rings. The fourth-order valence-electron chi connectivity index (χ4n) is 1.59. The first-order valence-corrected chi connectivity index (χ1v) is 5.30. The van der Waals surface area contributed by atoms with Crippen molar-refractivity contribution in [2.75, 3.05) is 0 Å². The van der Waals surface area contributed by atoms with E-state index in [0.717, 1.165) is 13.8 Å². The lowest BCUT2D eigenvalue weighted by molar-refractivity contribution is -0.181. The van der Waals surface area contributed by atoms with E-state index in [-0.39, 0.29) is 0 Å². The van der Waals surface area contributed by atoms with Crippen LogP contribution in [-0.2, 0) is 5.41 Å². The number of nitrogens with one attached hydrogen (secondary N) is 1. The standard InChI is InChI=1S/C12H11F3N2O/c1-11(2,12(13,14)15)9-10(18)17-8-6-4-3-5-7(8)16-9/h3-6H,1-2H3,(H,17,18). The summed E-state index contributed by atoms with van der Waals surface area (Å²) in [6.07, 6.45) is -4.53. The van der Waals surface area contributed by atoms with Crippen molar-refractivity contribution in [3.63, 3.8) is 0 Å². The van der Waals surface area contributed by atoms with Crippen LogP contribution in [-0.4, -0.2) is 16.1 Å². The minimum absolute atomic E-state index is 0.337. The SMILES string of the molecule is CC(C)(c1nc2ccccc2[nH]c1=O)C(F)(F)F. The molecule has 1 aromatic heterocycles. The van der Waals surface area contributed by atoms with Crippen molar-refractivity contribution in [2.45, 2.75) is 25.4 Å². The Morgan fingerprint density at radius 1 is 1.17 bits per heavy atom. The predicted molar refractivity (Wildman–Crippen MR) is 61.4 cm³/mol. The second-order valence-electron chi connectivity index (χ2n) is 4.55. The molecule has 3 nitrogen and oxygen atoms in total. The van der Waals surface area contributed by atoms with Crippen LogP contribution in [0.15, 0.2) is 29.1 Å². The molecular formula is C12H11F3N2O. The molecule has 0 saturated heterocycles. The normalized spacial score (nSPS) is 12.9. The van der Waals surface area contributed by atoms with Gasteiger partial charge in [-0.05, 0) is 26.0 Å². The van der Waals surface area contributed by atoms with Crippen LogP contribution in [0.3, 0.4) is 0 Å². The lowest BCUT2D eigenvalue weighted by atomic mass is 9.88. The van der Waals surface area contributed by atoms with Gasteiger partial charge < -0.3 is 4.98 Å². The van der Waals surface area contributed by atoms with E-state index < -0.39 is 22.8 Å². The largest absolute Gasteiger partial charge is 0.399 e. The van der Waals surface area contributed by atoms with Gasteiger partial charge >= 0.3 is 6.18 Å². The van der Waals surface area contributed by atoms with Crippen LogP contribution in [0.5, 0.6) is 0 Å². The maximum absolute atomic E-state index is 12.9. The van der Waals surface area contributed by atoms with E-state index in [9.17, 15) is 18.0 Å². The molecule has 18 heavy (non-hydrogen) atoms. The van der Waals surface area contributed by atoms with E-state index in [1.54, 1.807) is 24.3 Å². The Morgan fingerprint density at radius 3 is 2.39 bits per heavy atom. The molecular weight excluding hydrogens is 245 g/mol. The molecule has 2 rings (SSSR count). The second-order valence-corrected chi connectivity index (χ2v) is 4.55. The molecule has 0 amide bonds. The van der Waals surface area contributed by atoms with Crippen LogP contribution in [0.1, 0.15) is 19.5 Å². The maximum Gasteiger partial charge on any atom is 0.399 e. The molecule has 96 valence electrons. The number of hydrogen-bond donors (Lipinski definition) is 1. The van der Waals surface area contributed by atoms with Gasteiger partial charge in [-0.15, -0.1) is 0 Å². The highest BCUT2D eigenvalue weighted by Gasteiger charge is 2.51. The maximum atomic E-state index is 12.9. The molecule has 0 spiro atoms. The number of nitrogens with zero attached hydrogens (tertiary/aromatic N) is 1. The van der Waals surface area contributed by atoms with Crippen LogP contribution < -0.4 is 5.56 Å². The fraction of sp³-hybridized carbons (Fsp3) is 0.333. The summed E-state index contributed by atoms with van der Waals surface area (Å²) < 4.78 is 38.7. The highest BCUT2D eigenvalue weighted by molar-refractivity contribution is 5.73. The Labute approximate surface area is 101 Å². The lowest BCUT2D eigenvalue weighted by Gasteiger charge is -2.26. The van der Waals surface area contributed by atoms with Gasteiger partial charge in [0, 0.05) is 0 Å². The average molecular weight is 256 g/mol. The number of rotatable bonds is 1. The molecule has 0 aliphatic carbocycles. The zero-order valence-corrected chi connectivity index (χ0v) is 9.80. The Kier molecular flexibility index (Phi) is 2.68. The van der Waals surface area contributed by atoms with Gasteiger partial charge in [0.05, 0.1) is 11.0 Å². The Bertz CT molecular complexity index is 644. The minimum Gasteiger partial charge on any atom is -0.319 e. The number of H-pyrrole nitrogens is 1. The van der Waals surface area contributed by atoms with Crippen LogP contribution in [0.2, 0.25) is 0 Å². The summed E-state index contributed by atoms with van der Waals surface area (Å²) in [7, 11) is 0. The third-order valence-electron chi connectivity index (χ3n) is 2.90. The van der Waals surface area contributed by atoms with Crippen molar-refractivity contribution in [3.05, 3.63) is 40.3 Å². The summed E-state index contributed by atoms with van der Waals surface area (Å²) in [5, 5.41) is 0. The summed E-state index contributed by atoms with van der Waals surface area (Å²) in [5.74, 6) is 0. The number of aromatic nitrogens is 2. The van der Waals surface area contributed by atoms with Crippen molar-refractivity contribution in [1.29, 1.82) is 0 Å². The zero-order chi connectivity index (χ0) is 13.6. The van der Waals surface area contributed by atoms with Crippen LogP contribution in [0.4, 0.5) is 13.2 Å². The topological polar surface area (TPSA) is 45.8 Å². The Balaban J connectivity index is 2.73. The van der Waals surface area contributed by atoms with Gasteiger partial charge in [-0.2, -0.15) is 13.2 Å². The summed E-state index contributed by atoms with van der Waals surface area (Å²) in [4.78, 5) is 18.0. The summed E-state index contributed by atoms with van der Waals surface area (Å²) in [6.45, 7) is 1.89. The monoisotopic (exact) mass is 256 g/mol. The first kappa shape index (κ1) is 12.6. The number of para-hydroxylation sites is 2. The molecule has 0 atom stereocenters. The zero-order valence-electron chi connectivity index (χ0n) is 9.80. The molecule has 0 bridgehead atoms. The quantitative estimate of drug-likeness (QED) is 0.852. The highest BCUT2D eigenvalue weighted by Crippen LogP contribution is 2.38. The predicted octanol–water partition coefficient (Wildman–Crippen LogP) is 2.76. The van der Waals surface area contributed by atoms with E-state index >= 15 is 0 Å². The molecule has 1 heterocycles. The fourth-order valence-corrected chi connectivity index (χ4v) is 1.59. The smallest absolute Gasteiger partial charge is 0.319 e. The average Bonchev–Trinajstić information content (AvgIpc) is 2.26. The van der Waals surface area contributed by atoms with Gasteiger partial charge in [-0.3, -0.25) is 4.79 Å². The molecule has 0 radical (unpaired) electrons. The molecule has 1 aromatic carbocycles. The summed E-state index contributed by atoms with van der Waals surface area (Å²) >= 11 is 0. The van der Waals surface area contributed by atoms with Crippen molar-refractivity contribution in [2.24, 2.45) is 0 Å². The van der Waals surface area contributed by atoms with Crippen molar-refractivity contribution >= 4 is 11.0 Å². The molecule has 0 aliphatic rings. The number of benzene rings is 1. The number of hydrogen-bond acceptors (Lipinski definition) is 2. The van der Waals surface area contributed by atoms with Crippen molar-refractivity contribution in [1.82, 2.24) is 9.97 Å². The Morgan fingerprint density at radius 2 is 1.78 bits per heavy atom.